The van der Waals surface area contributed by atoms with Crippen LogP contribution in [0.4, 0.5) is 0 Å². The van der Waals surface area contributed by atoms with Crippen LogP contribution in [0, 0.1) is 45.3 Å². The number of aliphatic hydroxyl groups excluding tert-OH is 2. The molecule has 5 rings (SSSR count). The van der Waals surface area contributed by atoms with Crippen LogP contribution in [0.1, 0.15) is 120 Å². The van der Waals surface area contributed by atoms with Crippen molar-refractivity contribution in [1.29, 1.82) is 0 Å². The number of aliphatic hydroxyl groups is 2. The normalized spacial score (nSPS) is 57.6. The maximum atomic E-state index is 11.9. The van der Waals surface area contributed by atoms with Gasteiger partial charge < -0.3 is 14.9 Å². The summed E-state index contributed by atoms with van der Waals surface area (Å²) in [5, 5.41) is 22.8. The fourth-order valence-corrected chi connectivity index (χ4v) is 11.3. The maximum absolute atomic E-state index is 11.9. The van der Waals surface area contributed by atoms with Crippen molar-refractivity contribution in [3.8, 4) is 0 Å². The van der Waals surface area contributed by atoms with Gasteiger partial charge >= 0.3 is 0 Å². The Hall–Kier alpha value is -0.120. The minimum atomic E-state index is -0.239. The zero-order valence-corrected chi connectivity index (χ0v) is 22.8. The van der Waals surface area contributed by atoms with Crippen LogP contribution in [-0.4, -0.2) is 33.6 Å². The van der Waals surface area contributed by atoms with Crippen molar-refractivity contribution in [2.24, 2.45) is 45.3 Å². The van der Waals surface area contributed by atoms with Crippen LogP contribution < -0.4 is 0 Å². The third kappa shape index (κ3) is 3.16. The van der Waals surface area contributed by atoms with Gasteiger partial charge in [0.05, 0.1) is 23.4 Å². The van der Waals surface area contributed by atoms with Crippen LogP contribution in [-0.2, 0) is 4.74 Å². The molecule has 1 heterocycles. The number of rotatable bonds is 1. The molecule has 0 aromatic rings. The quantitative estimate of drug-likeness (QED) is 0.455. The van der Waals surface area contributed by atoms with Crippen LogP contribution in [0.5, 0.6) is 0 Å². The molecule has 33 heavy (non-hydrogen) atoms. The largest absolute Gasteiger partial charge is 0.393 e. The van der Waals surface area contributed by atoms with Gasteiger partial charge in [0.2, 0.25) is 0 Å². The number of fused-ring (bicyclic) bond motifs is 5. The zero-order valence-electron chi connectivity index (χ0n) is 22.8. The second-order valence-electron chi connectivity index (χ2n) is 15.4. The molecular weight excluding hydrogens is 408 g/mol. The van der Waals surface area contributed by atoms with Gasteiger partial charge in [0.15, 0.2) is 0 Å². The highest BCUT2D eigenvalue weighted by Gasteiger charge is 2.71. The third-order valence-electron chi connectivity index (χ3n) is 13.1. The number of hydrogen-bond acceptors (Lipinski definition) is 3. The van der Waals surface area contributed by atoms with Crippen LogP contribution in [0.2, 0.25) is 0 Å². The summed E-state index contributed by atoms with van der Waals surface area (Å²) in [6, 6.07) is 0. The van der Waals surface area contributed by atoms with Crippen molar-refractivity contribution < 1.29 is 14.9 Å². The van der Waals surface area contributed by atoms with Gasteiger partial charge in [-0.3, -0.25) is 0 Å². The lowest BCUT2D eigenvalue weighted by Gasteiger charge is -2.70. The zero-order chi connectivity index (χ0) is 24.2. The summed E-state index contributed by atoms with van der Waals surface area (Å²) in [6.45, 7) is 19.2. The van der Waals surface area contributed by atoms with Gasteiger partial charge in [0.25, 0.3) is 0 Å². The third-order valence-corrected chi connectivity index (χ3v) is 13.1. The van der Waals surface area contributed by atoms with Gasteiger partial charge in [-0.2, -0.15) is 0 Å². The van der Waals surface area contributed by atoms with Crippen LogP contribution in [0.3, 0.4) is 0 Å². The molecule has 3 heteroatoms. The molecule has 10 atom stereocenters. The van der Waals surface area contributed by atoms with E-state index in [-0.39, 0.29) is 45.1 Å². The van der Waals surface area contributed by atoms with Gasteiger partial charge in [0, 0.05) is 0 Å². The van der Waals surface area contributed by atoms with E-state index in [9.17, 15) is 10.2 Å². The summed E-state index contributed by atoms with van der Waals surface area (Å²) < 4.78 is 6.86. The molecule has 3 nitrogen and oxygen atoms in total. The summed E-state index contributed by atoms with van der Waals surface area (Å²) in [7, 11) is 0. The van der Waals surface area contributed by atoms with Crippen LogP contribution in [0.25, 0.3) is 0 Å². The average molecular weight is 461 g/mol. The minimum Gasteiger partial charge on any atom is -0.393 e. The Morgan fingerprint density at radius 1 is 0.697 bits per heavy atom. The highest BCUT2D eigenvalue weighted by atomic mass is 16.5. The predicted octanol–water partition coefficient (Wildman–Crippen LogP) is 6.74. The monoisotopic (exact) mass is 460 g/mol. The maximum Gasteiger partial charge on any atom is 0.0693 e. The van der Waals surface area contributed by atoms with E-state index in [1.54, 1.807) is 0 Å². The van der Waals surface area contributed by atoms with Gasteiger partial charge in [-0.1, -0.05) is 34.6 Å². The van der Waals surface area contributed by atoms with E-state index in [4.69, 9.17) is 4.74 Å². The van der Waals surface area contributed by atoms with E-state index in [0.717, 1.165) is 32.1 Å². The van der Waals surface area contributed by atoms with E-state index in [1.807, 2.05) is 0 Å². The van der Waals surface area contributed by atoms with E-state index in [0.29, 0.717) is 23.7 Å². The molecule has 0 radical (unpaired) electrons. The molecular formula is C30H52O3. The van der Waals surface area contributed by atoms with Gasteiger partial charge in [0.1, 0.15) is 0 Å². The first kappa shape index (κ1) is 24.6. The van der Waals surface area contributed by atoms with E-state index in [1.165, 1.54) is 32.1 Å². The molecule has 2 N–H and O–H groups in total. The lowest BCUT2D eigenvalue weighted by atomic mass is 9.35. The molecule has 5 fully saturated rings. The van der Waals surface area contributed by atoms with Crippen LogP contribution >= 0.6 is 0 Å². The highest BCUT2D eigenvalue weighted by molar-refractivity contribution is 5.20. The summed E-state index contributed by atoms with van der Waals surface area (Å²) >= 11 is 0. The van der Waals surface area contributed by atoms with Crippen molar-refractivity contribution in [1.82, 2.24) is 0 Å². The van der Waals surface area contributed by atoms with Crippen molar-refractivity contribution >= 4 is 0 Å². The molecule has 4 saturated carbocycles. The molecule has 0 spiro atoms. The molecule has 0 amide bonds. The Labute approximate surface area is 203 Å². The smallest absolute Gasteiger partial charge is 0.0693 e. The SMILES string of the molecule is CC1(C)CCC[C@@](C)(C2CC[C@]3(C)[C@@H]2[C@H](O)CC2[C@@]4(C)CC[C@H](O)C(C)(C)C4CC[C@]23C)O1. The highest BCUT2D eigenvalue weighted by Crippen LogP contribution is 2.76. The fourth-order valence-electron chi connectivity index (χ4n) is 11.3. The molecule has 5 aliphatic rings. The second kappa shape index (κ2) is 7.22. The predicted molar refractivity (Wildman–Crippen MR) is 134 cm³/mol. The van der Waals surface area contributed by atoms with Crippen molar-refractivity contribution in [2.45, 2.75) is 143 Å². The lowest BCUT2D eigenvalue weighted by molar-refractivity contribution is -0.257. The van der Waals surface area contributed by atoms with Gasteiger partial charge in [-0.25, -0.2) is 0 Å². The second-order valence-corrected chi connectivity index (χ2v) is 15.4. The molecule has 4 aliphatic carbocycles. The van der Waals surface area contributed by atoms with Crippen LogP contribution in [0.15, 0.2) is 0 Å². The van der Waals surface area contributed by atoms with Gasteiger partial charge in [-0.05, 0) is 130 Å². The standard InChI is InChI=1S/C30H52O3/c1-25(2)13-9-14-30(8,33-25)19-10-16-29(7)24(19)20(31)18-22-27(5)15-12-23(32)26(3,4)21(27)11-17-28(22,29)6/h19-24,31-32H,9-18H2,1-8H3/t19?,20-,21?,22?,23+,24+,27+,28-,29-,30+/m1/s1. The molecule has 190 valence electrons. The Morgan fingerprint density at radius 2 is 1.36 bits per heavy atom. The molecule has 0 aromatic carbocycles. The van der Waals surface area contributed by atoms with E-state index < -0.39 is 0 Å². The van der Waals surface area contributed by atoms with Gasteiger partial charge in [-0.15, -0.1) is 0 Å². The Bertz CT molecular complexity index is 789. The molecule has 3 unspecified atom stereocenters. The Morgan fingerprint density at radius 3 is 2.03 bits per heavy atom. The molecule has 1 saturated heterocycles. The summed E-state index contributed by atoms with van der Waals surface area (Å²) in [4.78, 5) is 0. The first-order valence-corrected chi connectivity index (χ1v) is 14.2. The fraction of sp³-hybridized carbons (Fsp3) is 1.00. The summed E-state index contributed by atoms with van der Waals surface area (Å²) in [5.74, 6) is 1.85. The minimum absolute atomic E-state index is 0.0375. The number of ether oxygens (including phenoxy) is 1. The van der Waals surface area contributed by atoms with E-state index >= 15 is 0 Å². The van der Waals surface area contributed by atoms with Crippen molar-refractivity contribution in [3.63, 3.8) is 0 Å². The first-order valence-electron chi connectivity index (χ1n) is 14.2. The molecule has 0 aromatic heterocycles. The molecule has 0 bridgehead atoms. The Balaban J connectivity index is 1.51. The number of hydrogen-bond donors (Lipinski definition) is 2. The Kier molecular flexibility index (Phi) is 5.38. The lowest BCUT2D eigenvalue weighted by Crippen LogP contribution is -2.66. The van der Waals surface area contributed by atoms with Crippen molar-refractivity contribution in [3.05, 3.63) is 0 Å². The average Bonchev–Trinajstić information content (AvgIpc) is 3.07. The molecule has 1 aliphatic heterocycles. The van der Waals surface area contributed by atoms with Crippen molar-refractivity contribution in [2.75, 3.05) is 0 Å². The topological polar surface area (TPSA) is 49.7 Å². The summed E-state index contributed by atoms with van der Waals surface area (Å²) in [6.07, 6.45) is 10.9. The van der Waals surface area contributed by atoms with E-state index in [2.05, 4.69) is 55.4 Å². The summed E-state index contributed by atoms with van der Waals surface area (Å²) in [5.41, 5.74) is 0.392. The first-order chi connectivity index (χ1) is 15.1.